The molecule has 3 heterocycles. The summed E-state index contributed by atoms with van der Waals surface area (Å²) in [6.07, 6.45) is 8.04. The minimum atomic E-state index is -0.608. The minimum absolute atomic E-state index is 0.0215. The highest BCUT2D eigenvalue weighted by atomic mass is 19.1. The Hall–Kier alpha value is -5.12. The summed E-state index contributed by atoms with van der Waals surface area (Å²) in [4.78, 5) is 33.8. The largest absolute Gasteiger partial charge is 0.453 e. The second kappa shape index (κ2) is 11.2. The molecule has 0 unspecified atom stereocenters. The SMILES string of the molecule is Cc1cc(CC(=O)Nc2cnn(C(C)(C)C)c2)cc(F)c1Oc1ccnc2ccc(C(=O)Nc3cccnc3)cc12. The van der Waals surface area contributed by atoms with Gasteiger partial charge >= 0.3 is 0 Å². The molecule has 0 spiro atoms. The van der Waals surface area contributed by atoms with E-state index in [2.05, 4.69) is 25.7 Å². The van der Waals surface area contributed by atoms with Crippen molar-refractivity contribution in [2.75, 3.05) is 10.6 Å². The molecule has 3 aromatic heterocycles. The lowest BCUT2D eigenvalue weighted by Crippen LogP contribution is -2.22. The number of halogens is 1. The van der Waals surface area contributed by atoms with Gasteiger partial charge in [-0.3, -0.25) is 24.2 Å². The predicted octanol–water partition coefficient (Wildman–Crippen LogP) is 6.25. The number of pyridine rings is 2. The van der Waals surface area contributed by atoms with Gasteiger partial charge in [0.1, 0.15) is 5.75 Å². The number of anilines is 2. The molecule has 0 aliphatic rings. The Morgan fingerprint density at radius 3 is 2.54 bits per heavy atom. The van der Waals surface area contributed by atoms with Gasteiger partial charge in [0.05, 0.1) is 41.2 Å². The van der Waals surface area contributed by atoms with Crippen LogP contribution in [0.5, 0.6) is 11.5 Å². The van der Waals surface area contributed by atoms with E-state index in [0.29, 0.717) is 44.7 Å². The van der Waals surface area contributed by atoms with Crippen molar-refractivity contribution < 1.29 is 18.7 Å². The molecule has 0 aliphatic carbocycles. The van der Waals surface area contributed by atoms with E-state index in [1.807, 2.05) is 20.8 Å². The zero-order valence-electron chi connectivity index (χ0n) is 23.1. The fourth-order valence-corrected chi connectivity index (χ4v) is 4.28. The Balaban J connectivity index is 1.33. The quantitative estimate of drug-likeness (QED) is 0.247. The van der Waals surface area contributed by atoms with Crippen LogP contribution in [0.25, 0.3) is 10.9 Å². The average Bonchev–Trinajstić information content (AvgIpc) is 3.40. The Morgan fingerprint density at radius 2 is 1.83 bits per heavy atom. The summed E-state index contributed by atoms with van der Waals surface area (Å²) in [6.45, 7) is 7.74. The normalized spacial score (nSPS) is 11.3. The van der Waals surface area contributed by atoms with Crippen LogP contribution < -0.4 is 15.4 Å². The molecule has 2 N–H and O–H groups in total. The first kappa shape index (κ1) is 27.4. The number of rotatable bonds is 7. The van der Waals surface area contributed by atoms with Crippen LogP contribution in [0.2, 0.25) is 0 Å². The van der Waals surface area contributed by atoms with Crippen molar-refractivity contribution in [2.24, 2.45) is 0 Å². The molecular weight excluding hydrogens is 523 g/mol. The standard InChI is InChI=1S/C31H29FN6O3/c1-19-12-20(14-28(39)36-23-17-35-38(18-23)31(2,3)4)13-25(32)29(19)41-27-9-11-34-26-8-7-21(15-24(26)27)30(40)37-22-6-5-10-33-16-22/h5-13,15-18H,14H2,1-4H3,(H,36,39)(H,37,40). The lowest BCUT2D eigenvalue weighted by molar-refractivity contribution is -0.115. The number of benzene rings is 2. The van der Waals surface area contributed by atoms with Crippen molar-refractivity contribution in [3.63, 3.8) is 0 Å². The Bertz CT molecular complexity index is 1720. The highest BCUT2D eigenvalue weighted by molar-refractivity contribution is 6.06. The number of aryl methyl sites for hydroxylation is 1. The third-order valence-electron chi connectivity index (χ3n) is 6.30. The number of aromatic nitrogens is 4. The summed E-state index contributed by atoms with van der Waals surface area (Å²) in [6, 6.07) is 13.1. The van der Waals surface area contributed by atoms with Crippen LogP contribution in [0, 0.1) is 12.7 Å². The Morgan fingerprint density at radius 1 is 1.00 bits per heavy atom. The molecule has 2 aromatic carbocycles. The second-order valence-corrected chi connectivity index (χ2v) is 10.6. The molecule has 5 rings (SSSR count). The van der Waals surface area contributed by atoms with E-state index in [1.165, 1.54) is 6.07 Å². The summed E-state index contributed by atoms with van der Waals surface area (Å²) in [5, 5.41) is 10.4. The number of hydrogen-bond acceptors (Lipinski definition) is 6. The first-order valence-electron chi connectivity index (χ1n) is 13.0. The highest BCUT2D eigenvalue weighted by Gasteiger charge is 2.18. The minimum Gasteiger partial charge on any atom is -0.453 e. The monoisotopic (exact) mass is 552 g/mol. The van der Waals surface area contributed by atoms with Gasteiger partial charge in [0.25, 0.3) is 5.91 Å². The first-order valence-corrected chi connectivity index (χ1v) is 13.0. The number of fused-ring (bicyclic) bond motifs is 1. The molecular formula is C31H29FN6O3. The molecule has 0 aliphatic heterocycles. The Kier molecular flexibility index (Phi) is 7.47. The maximum absolute atomic E-state index is 15.3. The Labute approximate surface area is 236 Å². The smallest absolute Gasteiger partial charge is 0.255 e. The molecule has 0 radical (unpaired) electrons. The van der Waals surface area contributed by atoms with Crippen LogP contribution in [0.3, 0.4) is 0 Å². The second-order valence-electron chi connectivity index (χ2n) is 10.6. The summed E-state index contributed by atoms with van der Waals surface area (Å²) < 4.78 is 23.1. The molecule has 0 atom stereocenters. The van der Waals surface area contributed by atoms with E-state index < -0.39 is 5.82 Å². The number of amides is 2. The van der Waals surface area contributed by atoms with Crippen molar-refractivity contribution in [1.82, 2.24) is 19.7 Å². The molecule has 208 valence electrons. The average molecular weight is 553 g/mol. The van der Waals surface area contributed by atoms with Gasteiger partial charge in [-0.15, -0.1) is 0 Å². The predicted molar refractivity (Wildman–Crippen MR) is 155 cm³/mol. The number of nitrogens with one attached hydrogen (secondary N) is 2. The maximum Gasteiger partial charge on any atom is 0.255 e. The van der Waals surface area contributed by atoms with Crippen molar-refractivity contribution >= 4 is 34.1 Å². The molecule has 0 bridgehead atoms. The number of carbonyl (C=O) groups is 2. The van der Waals surface area contributed by atoms with Crippen LogP contribution in [0.1, 0.15) is 42.3 Å². The van der Waals surface area contributed by atoms with Gasteiger partial charge in [0.2, 0.25) is 5.91 Å². The van der Waals surface area contributed by atoms with Crippen molar-refractivity contribution in [3.8, 4) is 11.5 Å². The van der Waals surface area contributed by atoms with Gasteiger partial charge in [-0.25, -0.2) is 4.39 Å². The van der Waals surface area contributed by atoms with E-state index >= 15 is 4.39 Å². The lowest BCUT2D eigenvalue weighted by atomic mass is 10.1. The van der Waals surface area contributed by atoms with Gasteiger partial charge in [0, 0.05) is 29.5 Å². The fraction of sp³-hybridized carbons (Fsp3) is 0.194. The van der Waals surface area contributed by atoms with Gasteiger partial charge in [-0.2, -0.15) is 5.10 Å². The summed E-state index contributed by atoms with van der Waals surface area (Å²) >= 11 is 0. The van der Waals surface area contributed by atoms with E-state index in [4.69, 9.17) is 4.74 Å². The number of nitrogens with zero attached hydrogens (tertiary/aromatic N) is 4. The van der Waals surface area contributed by atoms with E-state index in [1.54, 1.807) is 85.1 Å². The third-order valence-corrected chi connectivity index (χ3v) is 6.30. The molecule has 0 saturated heterocycles. The summed E-state index contributed by atoms with van der Waals surface area (Å²) in [7, 11) is 0. The van der Waals surface area contributed by atoms with Crippen LogP contribution >= 0.6 is 0 Å². The zero-order valence-corrected chi connectivity index (χ0v) is 23.1. The van der Waals surface area contributed by atoms with Crippen molar-refractivity contribution in [3.05, 3.63) is 102 Å². The lowest BCUT2D eigenvalue weighted by Gasteiger charge is -2.18. The van der Waals surface area contributed by atoms with Crippen LogP contribution in [0.4, 0.5) is 15.8 Å². The molecule has 5 aromatic rings. The first-order chi connectivity index (χ1) is 19.6. The van der Waals surface area contributed by atoms with Gasteiger partial charge in [-0.05, 0) is 81.3 Å². The summed E-state index contributed by atoms with van der Waals surface area (Å²) in [5.41, 5.74) is 2.90. The van der Waals surface area contributed by atoms with Crippen LogP contribution in [-0.4, -0.2) is 31.6 Å². The zero-order chi connectivity index (χ0) is 29.1. The maximum atomic E-state index is 15.3. The number of ether oxygens (including phenoxy) is 1. The number of hydrogen-bond donors (Lipinski definition) is 2. The van der Waals surface area contributed by atoms with E-state index in [9.17, 15) is 9.59 Å². The number of carbonyl (C=O) groups excluding carboxylic acids is 2. The molecule has 0 fully saturated rings. The van der Waals surface area contributed by atoms with Crippen LogP contribution in [0.15, 0.2) is 79.5 Å². The van der Waals surface area contributed by atoms with E-state index in [0.717, 1.165) is 0 Å². The van der Waals surface area contributed by atoms with Gasteiger partial charge < -0.3 is 15.4 Å². The molecule has 2 amide bonds. The van der Waals surface area contributed by atoms with Gasteiger partial charge in [-0.1, -0.05) is 6.07 Å². The third kappa shape index (κ3) is 6.38. The molecule has 0 saturated carbocycles. The molecule has 10 heteroatoms. The van der Waals surface area contributed by atoms with Crippen LogP contribution in [-0.2, 0) is 16.8 Å². The summed E-state index contributed by atoms with van der Waals surface area (Å²) in [5.74, 6) is -0.856. The topological polar surface area (TPSA) is 111 Å². The van der Waals surface area contributed by atoms with Crippen molar-refractivity contribution in [2.45, 2.75) is 39.7 Å². The molecule has 41 heavy (non-hydrogen) atoms. The fourth-order valence-electron chi connectivity index (χ4n) is 4.28. The molecule has 9 nitrogen and oxygen atoms in total. The van der Waals surface area contributed by atoms with E-state index in [-0.39, 0.29) is 29.5 Å². The van der Waals surface area contributed by atoms with Gasteiger partial charge in [0.15, 0.2) is 11.6 Å². The van der Waals surface area contributed by atoms with Crippen molar-refractivity contribution in [1.29, 1.82) is 0 Å². The highest BCUT2D eigenvalue weighted by Crippen LogP contribution is 2.34.